The maximum absolute atomic E-state index is 12.2. The normalized spacial score (nSPS) is 22.7. The molecule has 0 spiro atoms. The molecule has 1 amide bonds. The fraction of sp³-hybridized carbons (Fsp3) is 0.471. The minimum atomic E-state index is -0.376. The van der Waals surface area contributed by atoms with Crippen LogP contribution in [0.2, 0.25) is 0 Å². The predicted octanol–water partition coefficient (Wildman–Crippen LogP) is 2.33. The number of carbonyl (C=O) groups is 1. The van der Waals surface area contributed by atoms with Crippen molar-refractivity contribution in [1.29, 1.82) is 0 Å². The third-order valence-electron chi connectivity index (χ3n) is 4.52. The van der Waals surface area contributed by atoms with E-state index in [0.29, 0.717) is 18.9 Å². The first-order chi connectivity index (χ1) is 10.1. The molecule has 1 saturated heterocycles. The monoisotopic (exact) mass is 286 g/mol. The molecule has 2 N–H and O–H groups in total. The number of β-amino-alcohol motifs (C(OH)–C–C–N with tert-alkyl or cyclic N) is 1. The fourth-order valence-electron chi connectivity index (χ4n) is 2.94. The number of aromatic nitrogens is 1. The van der Waals surface area contributed by atoms with Crippen LogP contribution in [0.25, 0.3) is 10.9 Å². The molecular weight excluding hydrogens is 264 g/mol. The second-order valence-corrected chi connectivity index (χ2v) is 6.07. The number of hydrogen-bond acceptors (Lipinski definition) is 2. The average molecular weight is 286 g/mol. The first-order valence-electron chi connectivity index (χ1n) is 7.65. The van der Waals surface area contributed by atoms with Crippen molar-refractivity contribution < 1.29 is 9.90 Å². The predicted molar refractivity (Wildman–Crippen MR) is 83.0 cm³/mol. The molecule has 112 valence electrons. The summed E-state index contributed by atoms with van der Waals surface area (Å²) in [4.78, 5) is 17.2. The van der Waals surface area contributed by atoms with E-state index < -0.39 is 0 Å². The van der Waals surface area contributed by atoms with Gasteiger partial charge in [0.05, 0.1) is 6.10 Å². The number of nitrogens with zero attached hydrogens (tertiary/aromatic N) is 1. The van der Waals surface area contributed by atoms with Crippen LogP contribution in [-0.4, -0.2) is 40.1 Å². The molecule has 0 aliphatic carbocycles. The summed E-state index contributed by atoms with van der Waals surface area (Å²) in [7, 11) is 0. The summed E-state index contributed by atoms with van der Waals surface area (Å²) in [5, 5.41) is 11.1. The van der Waals surface area contributed by atoms with Crippen molar-refractivity contribution in [3.05, 3.63) is 36.0 Å². The molecule has 4 heteroatoms. The van der Waals surface area contributed by atoms with Gasteiger partial charge in [0.25, 0.3) is 0 Å². The van der Waals surface area contributed by atoms with Crippen molar-refractivity contribution >= 4 is 16.8 Å². The van der Waals surface area contributed by atoms with E-state index in [1.165, 1.54) is 10.9 Å². The lowest BCUT2D eigenvalue weighted by Gasteiger charge is -2.34. The molecule has 1 aliphatic heterocycles. The van der Waals surface area contributed by atoms with Gasteiger partial charge in [0, 0.05) is 31.2 Å². The highest BCUT2D eigenvalue weighted by molar-refractivity contribution is 5.80. The number of amides is 1. The maximum atomic E-state index is 12.2. The lowest BCUT2D eigenvalue weighted by atomic mass is 9.95. The van der Waals surface area contributed by atoms with E-state index >= 15 is 0 Å². The van der Waals surface area contributed by atoms with Gasteiger partial charge in [-0.25, -0.2) is 0 Å². The largest absolute Gasteiger partial charge is 0.391 e. The molecule has 3 rings (SSSR count). The highest BCUT2D eigenvalue weighted by Crippen LogP contribution is 2.19. The van der Waals surface area contributed by atoms with Crippen molar-refractivity contribution in [2.45, 2.75) is 32.3 Å². The van der Waals surface area contributed by atoms with E-state index in [1.807, 2.05) is 19.2 Å². The summed E-state index contributed by atoms with van der Waals surface area (Å²) in [6, 6.07) is 8.30. The molecule has 0 radical (unpaired) electrons. The fourth-order valence-corrected chi connectivity index (χ4v) is 2.94. The minimum absolute atomic E-state index is 0.148. The topological polar surface area (TPSA) is 56.3 Å². The standard InChI is InChI=1S/C17H22N2O2/c1-12-7-9-19(11-16(12)20)17(21)5-3-13-2-4-15-14(10-13)6-8-18-15/h2,4,6,8,10,12,16,18,20H,3,5,7,9,11H2,1H3. The van der Waals surface area contributed by atoms with E-state index in [-0.39, 0.29) is 12.0 Å². The van der Waals surface area contributed by atoms with Crippen molar-refractivity contribution in [3.8, 4) is 0 Å². The number of aliphatic hydroxyl groups excluding tert-OH is 1. The second-order valence-electron chi connectivity index (χ2n) is 6.07. The lowest BCUT2D eigenvalue weighted by Crippen LogP contribution is -2.45. The summed E-state index contributed by atoms with van der Waals surface area (Å²) >= 11 is 0. The Kier molecular flexibility index (Phi) is 3.97. The Balaban J connectivity index is 1.58. The van der Waals surface area contributed by atoms with Crippen molar-refractivity contribution in [2.75, 3.05) is 13.1 Å². The van der Waals surface area contributed by atoms with Crippen LogP contribution in [-0.2, 0) is 11.2 Å². The number of nitrogens with one attached hydrogen (secondary N) is 1. The van der Waals surface area contributed by atoms with E-state index in [4.69, 9.17) is 0 Å². The molecule has 0 bridgehead atoms. The third kappa shape index (κ3) is 3.10. The molecule has 1 aromatic heterocycles. The number of fused-ring (bicyclic) bond motifs is 1. The number of piperidine rings is 1. The number of carbonyl (C=O) groups excluding carboxylic acids is 1. The quantitative estimate of drug-likeness (QED) is 0.910. The van der Waals surface area contributed by atoms with Crippen LogP contribution in [0.1, 0.15) is 25.3 Å². The van der Waals surface area contributed by atoms with Gasteiger partial charge in [-0.2, -0.15) is 0 Å². The van der Waals surface area contributed by atoms with Crippen molar-refractivity contribution in [2.24, 2.45) is 5.92 Å². The lowest BCUT2D eigenvalue weighted by molar-refractivity contribution is -0.135. The van der Waals surface area contributed by atoms with Crippen LogP contribution >= 0.6 is 0 Å². The second kappa shape index (κ2) is 5.90. The summed E-state index contributed by atoms with van der Waals surface area (Å²) in [6.45, 7) is 3.29. The summed E-state index contributed by atoms with van der Waals surface area (Å²) in [5.41, 5.74) is 2.31. The Morgan fingerprint density at radius 2 is 2.29 bits per heavy atom. The first kappa shape index (κ1) is 14.1. The molecule has 1 aromatic carbocycles. The van der Waals surface area contributed by atoms with Gasteiger partial charge in [-0.1, -0.05) is 13.0 Å². The number of aryl methyl sites for hydroxylation is 1. The Morgan fingerprint density at radius 3 is 3.10 bits per heavy atom. The molecule has 1 aliphatic rings. The van der Waals surface area contributed by atoms with Gasteiger partial charge in [0.15, 0.2) is 0 Å². The van der Waals surface area contributed by atoms with Crippen molar-refractivity contribution in [3.63, 3.8) is 0 Å². The highest BCUT2D eigenvalue weighted by Gasteiger charge is 2.26. The molecule has 4 nitrogen and oxygen atoms in total. The van der Waals surface area contributed by atoms with E-state index in [2.05, 4.69) is 23.2 Å². The number of aromatic amines is 1. The van der Waals surface area contributed by atoms with Gasteiger partial charge in [-0.15, -0.1) is 0 Å². The van der Waals surface area contributed by atoms with Gasteiger partial charge in [0.2, 0.25) is 5.91 Å². The molecule has 0 saturated carbocycles. The molecule has 21 heavy (non-hydrogen) atoms. The molecule has 1 fully saturated rings. The number of rotatable bonds is 3. The zero-order valence-corrected chi connectivity index (χ0v) is 12.4. The molecule has 2 atom stereocenters. The number of hydrogen-bond donors (Lipinski definition) is 2. The van der Waals surface area contributed by atoms with Gasteiger partial charge in [-0.3, -0.25) is 4.79 Å². The van der Waals surface area contributed by atoms with E-state index in [1.54, 1.807) is 4.90 Å². The zero-order valence-electron chi connectivity index (χ0n) is 12.4. The minimum Gasteiger partial charge on any atom is -0.391 e. The number of H-pyrrole nitrogens is 1. The summed E-state index contributed by atoms with van der Waals surface area (Å²) in [6.07, 6.45) is 3.70. The number of aliphatic hydroxyl groups is 1. The first-order valence-corrected chi connectivity index (χ1v) is 7.65. The van der Waals surface area contributed by atoms with Crippen molar-refractivity contribution in [1.82, 2.24) is 9.88 Å². The molecule has 2 heterocycles. The van der Waals surface area contributed by atoms with Crippen LogP contribution in [0.15, 0.2) is 30.5 Å². The molecule has 2 unspecified atom stereocenters. The van der Waals surface area contributed by atoms with Crippen LogP contribution in [0, 0.1) is 5.92 Å². The summed E-state index contributed by atoms with van der Waals surface area (Å²) in [5.74, 6) is 0.445. The van der Waals surface area contributed by atoms with Gasteiger partial charge in [0.1, 0.15) is 0 Å². The molecular formula is C17H22N2O2. The Bertz CT molecular complexity index is 635. The Morgan fingerprint density at radius 1 is 1.43 bits per heavy atom. The SMILES string of the molecule is CC1CCN(C(=O)CCc2ccc3[nH]ccc3c2)CC1O. The van der Waals surface area contributed by atoms with Gasteiger partial charge in [-0.05, 0) is 47.9 Å². The number of benzene rings is 1. The van der Waals surface area contributed by atoms with E-state index in [9.17, 15) is 9.90 Å². The highest BCUT2D eigenvalue weighted by atomic mass is 16.3. The molecule has 2 aromatic rings. The number of likely N-dealkylation sites (tertiary alicyclic amines) is 1. The van der Waals surface area contributed by atoms with Gasteiger partial charge >= 0.3 is 0 Å². The Labute approximate surface area is 124 Å². The van der Waals surface area contributed by atoms with Gasteiger partial charge < -0.3 is 15.0 Å². The van der Waals surface area contributed by atoms with Crippen LogP contribution in [0.5, 0.6) is 0 Å². The van der Waals surface area contributed by atoms with Crippen LogP contribution in [0.4, 0.5) is 0 Å². The van der Waals surface area contributed by atoms with E-state index in [0.717, 1.165) is 24.9 Å². The Hall–Kier alpha value is -1.81. The van der Waals surface area contributed by atoms with Crippen LogP contribution < -0.4 is 0 Å². The average Bonchev–Trinajstić information content (AvgIpc) is 2.95. The summed E-state index contributed by atoms with van der Waals surface area (Å²) < 4.78 is 0. The zero-order chi connectivity index (χ0) is 14.8. The maximum Gasteiger partial charge on any atom is 0.222 e. The smallest absolute Gasteiger partial charge is 0.222 e. The van der Waals surface area contributed by atoms with Crippen LogP contribution in [0.3, 0.4) is 0 Å². The third-order valence-corrected chi connectivity index (χ3v) is 4.52.